The van der Waals surface area contributed by atoms with Gasteiger partial charge in [0.25, 0.3) is 0 Å². The highest BCUT2D eigenvalue weighted by Gasteiger charge is 2.13. The number of nitrogens with one attached hydrogen (secondary N) is 3. The Morgan fingerprint density at radius 2 is 2.15 bits per heavy atom. The Kier molecular flexibility index (Phi) is 4.70. The van der Waals surface area contributed by atoms with E-state index in [1.807, 2.05) is 0 Å². The average molecular weight is 295 g/mol. The summed E-state index contributed by atoms with van der Waals surface area (Å²) in [5.74, 6) is 1.37. The van der Waals surface area contributed by atoms with Crippen molar-refractivity contribution >= 4 is 15.8 Å². The van der Waals surface area contributed by atoms with Crippen LogP contribution in [0, 0.1) is 0 Å². The fourth-order valence-electron chi connectivity index (χ4n) is 1.70. The molecule has 2 aromatic heterocycles. The Hall–Kier alpha value is -1.93. The fourth-order valence-corrected chi connectivity index (χ4v) is 2.78. The van der Waals surface area contributed by atoms with E-state index in [1.165, 1.54) is 18.3 Å². The summed E-state index contributed by atoms with van der Waals surface area (Å²) >= 11 is 0. The third kappa shape index (κ3) is 3.78. The van der Waals surface area contributed by atoms with Crippen molar-refractivity contribution in [2.24, 2.45) is 0 Å². The minimum atomic E-state index is -3.49. The maximum atomic E-state index is 12.1. The molecule has 2 aromatic rings. The Morgan fingerprint density at radius 1 is 1.30 bits per heavy atom. The minimum absolute atomic E-state index is 0.204. The van der Waals surface area contributed by atoms with Crippen molar-refractivity contribution in [1.82, 2.24) is 19.7 Å². The number of nitrogens with zero attached hydrogens (tertiary/aromatic N) is 2. The van der Waals surface area contributed by atoms with Gasteiger partial charge in [-0.3, -0.25) is 0 Å². The fraction of sp³-hybridized carbons (Fsp3) is 0.333. The molecular formula is C12H17N5O2S. The zero-order valence-electron chi connectivity index (χ0n) is 11.1. The van der Waals surface area contributed by atoms with Crippen molar-refractivity contribution in [2.45, 2.75) is 17.7 Å². The van der Waals surface area contributed by atoms with E-state index < -0.39 is 10.0 Å². The molecule has 0 aliphatic heterocycles. The van der Waals surface area contributed by atoms with Crippen LogP contribution in [-0.2, 0) is 16.4 Å². The van der Waals surface area contributed by atoms with Crippen LogP contribution in [0.5, 0.6) is 0 Å². The van der Waals surface area contributed by atoms with Gasteiger partial charge in [-0.2, -0.15) is 0 Å². The third-order valence-electron chi connectivity index (χ3n) is 2.74. The molecule has 0 aliphatic rings. The summed E-state index contributed by atoms with van der Waals surface area (Å²) in [6, 6.07) is 2.96. The van der Waals surface area contributed by atoms with Gasteiger partial charge in [-0.05, 0) is 12.5 Å². The Labute approximate surface area is 117 Å². The number of hydrogen-bond acceptors (Lipinski definition) is 5. The van der Waals surface area contributed by atoms with Crippen LogP contribution < -0.4 is 10.0 Å². The number of hydrogen-bond donors (Lipinski definition) is 3. The van der Waals surface area contributed by atoms with E-state index in [0.717, 1.165) is 5.82 Å². The van der Waals surface area contributed by atoms with Gasteiger partial charge in [-0.15, -0.1) is 0 Å². The highest BCUT2D eigenvalue weighted by atomic mass is 32.2. The van der Waals surface area contributed by atoms with E-state index in [4.69, 9.17) is 0 Å². The number of imidazole rings is 1. The lowest BCUT2D eigenvalue weighted by Gasteiger charge is -2.07. The van der Waals surface area contributed by atoms with Crippen molar-refractivity contribution in [2.75, 3.05) is 18.9 Å². The van der Waals surface area contributed by atoms with E-state index in [0.29, 0.717) is 25.2 Å². The van der Waals surface area contributed by atoms with Gasteiger partial charge in [0.1, 0.15) is 11.6 Å². The molecule has 0 bridgehead atoms. The van der Waals surface area contributed by atoms with Crippen LogP contribution in [0.15, 0.2) is 35.6 Å². The summed E-state index contributed by atoms with van der Waals surface area (Å²) in [7, 11) is -1.80. The topological polar surface area (TPSA) is 99.8 Å². The minimum Gasteiger partial charge on any atom is -0.373 e. The zero-order valence-corrected chi connectivity index (χ0v) is 11.9. The predicted molar refractivity (Wildman–Crippen MR) is 75.9 cm³/mol. The first-order chi connectivity index (χ1) is 9.62. The largest absolute Gasteiger partial charge is 0.373 e. The van der Waals surface area contributed by atoms with Crippen LogP contribution in [0.25, 0.3) is 0 Å². The molecule has 0 amide bonds. The highest BCUT2D eigenvalue weighted by molar-refractivity contribution is 7.89. The molecule has 20 heavy (non-hydrogen) atoms. The standard InChI is InChI=1S/C12H17N5O2S/c1-13-12-9-10(4-6-14-12)20(18,19)17-5-2-3-11-15-7-8-16-11/h4,6-9,17H,2-3,5H2,1H3,(H,13,14)(H,15,16). The molecule has 0 saturated carbocycles. The lowest BCUT2D eigenvalue weighted by molar-refractivity contribution is 0.578. The van der Waals surface area contributed by atoms with Gasteiger partial charge in [-0.1, -0.05) is 0 Å². The lowest BCUT2D eigenvalue weighted by atomic mass is 10.3. The molecule has 108 valence electrons. The normalized spacial score (nSPS) is 11.4. The second kappa shape index (κ2) is 6.49. The number of rotatable bonds is 7. The van der Waals surface area contributed by atoms with Crippen LogP contribution in [0.4, 0.5) is 5.82 Å². The van der Waals surface area contributed by atoms with Gasteiger partial charge in [0, 0.05) is 44.7 Å². The van der Waals surface area contributed by atoms with Gasteiger partial charge >= 0.3 is 0 Å². The summed E-state index contributed by atoms with van der Waals surface area (Å²) in [5, 5.41) is 2.81. The SMILES string of the molecule is CNc1cc(S(=O)(=O)NCCCc2ncc[nH]2)ccn1. The quantitative estimate of drug-likeness (QED) is 0.655. The molecule has 7 nitrogen and oxygen atoms in total. The van der Waals surface area contributed by atoms with Gasteiger partial charge in [0.15, 0.2) is 0 Å². The summed E-state index contributed by atoms with van der Waals surface area (Å²) in [6.07, 6.45) is 6.26. The van der Waals surface area contributed by atoms with Crippen molar-refractivity contribution in [1.29, 1.82) is 0 Å². The van der Waals surface area contributed by atoms with E-state index in [2.05, 4.69) is 25.0 Å². The molecule has 0 spiro atoms. The van der Waals surface area contributed by atoms with Gasteiger partial charge in [-0.25, -0.2) is 23.1 Å². The number of H-pyrrole nitrogens is 1. The highest BCUT2D eigenvalue weighted by Crippen LogP contribution is 2.11. The van der Waals surface area contributed by atoms with Crippen LogP contribution >= 0.6 is 0 Å². The third-order valence-corrected chi connectivity index (χ3v) is 4.19. The van der Waals surface area contributed by atoms with Crippen molar-refractivity contribution in [3.63, 3.8) is 0 Å². The molecule has 2 heterocycles. The summed E-state index contributed by atoms with van der Waals surface area (Å²) in [4.78, 5) is 11.2. The summed E-state index contributed by atoms with van der Waals surface area (Å²) < 4.78 is 26.7. The Bertz CT molecular complexity index is 640. The molecule has 0 radical (unpaired) electrons. The summed E-state index contributed by atoms with van der Waals surface area (Å²) in [6.45, 7) is 0.361. The molecule has 3 N–H and O–H groups in total. The summed E-state index contributed by atoms with van der Waals surface area (Å²) in [5.41, 5.74) is 0. The second-order valence-corrected chi connectivity index (χ2v) is 5.93. The van der Waals surface area contributed by atoms with E-state index in [9.17, 15) is 8.42 Å². The molecule has 0 aliphatic carbocycles. The molecule has 0 fully saturated rings. The van der Waals surface area contributed by atoms with Gasteiger partial charge in [0.05, 0.1) is 4.90 Å². The maximum Gasteiger partial charge on any atom is 0.240 e. The smallest absolute Gasteiger partial charge is 0.240 e. The van der Waals surface area contributed by atoms with E-state index >= 15 is 0 Å². The lowest BCUT2D eigenvalue weighted by Crippen LogP contribution is -2.25. The Morgan fingerprint density at radius 3 is 2.85 bits per heavy atom. The number of pyridine rings is 1. The molecule has 2 rings (SSSR count). The van der Waals surface area contributed by atoms with Crippen molar-refractivity contribution in [3.8, 4) is 0 Å². The van der Waals surface area contributed by atoms with Crippen LogP contribution in [0.1, 0.15) is 12.2 Å². The first kappa shape index (κ1) is 14.5. The number of sulfonamides is 1. The average Bonchev–Trinajstić information content (AvgIpc) is 2.97. The molecule has 0 aromatic carbocycles. The predicted octanol–water partition coefficient (Wildman–Crippen LogP) is 0.757. The van der Waals surface area contributed by atoms with Crippen LogP contribution in [-0.4, -0.2) is 37.0 Å². The molecule has 8 heteroatoms. The number of aryl methyl sites for hydroxylation is 1. The monoisotopic (exact) mass is 295 g/mol. The first-order valence-corrected chi connectivity index (χ1v) is 7.72. The van der Waals surface area contributed by atoms with Gasteiger partial charge < -0.3 is 10.3 Å². The van der Waals surface area contributed by atoms with E-state index in [-0.39, 0.29) is 4.90 Å². The first-order valence-electron chi connectivity index (χ1n) is 6.23. The number of aromatic amines is 1. The van der Waals surface area contributed by atoms with Crippen LogP contribution in [0.2, 0.25) is 0 Å². The van der Waals surface area contributed by atoms with Crippen molar-refractivity contribution < 1.29 is 8.42 Å². The van der Waals surface area contributed by atoms with Crippen molar-refractivity contribution in [3.05, 3.63) is 36.5 Å². The molecule has 0 atom stereocenters. The van der Waals surface area contributed by atoms with Crippen LogP contribution in [0.3, 0.4) is 0 Å². The van der Waals surface area contributed by atoms with Gasteiger partial charge in [0.2, 0.25) is 10.0 Å². The maximum absolute atomic E-state index is 12.1. The van der Waals surface area contributed by atoms with E-state index in [1.54, 1.807) is 19.4 Å². The molecular weight excluding hydrogens is 278 g/mol. The molecule has 0 saturated heterocycles. The zero-order chi connectivity index (χ0) is 14.4. The molecule has 0 unspecified atom stereocenters. The second-order valence-electron chi connectivity index (χ2n) is 4.16. The number of aromatic nitrogens is 3. The Balaban J connectivity index is 1.90. The number of anilines is 1.